The summed E-state index contributed by atoms with van der Waals surface area (Å²) in [5.41, 5.74) is 3.59. The minimum absolute atomic E-state index is 0.0126. The third-order valence-corrected chi connectivity index (χ3v) is 6.90. The SMILES string of the molecule is CSCCCn1c(Cn2c(=O)n(C3CC3)c3c(Cl)cccc32)nc2cc(Cl)ccc21. The Morgan fingerprint density at radius 3 is 2.73 bits per heavy atom. The molecule has 0 aliphatic heterocycles. The van der Waals surface area contributed by atoms with Crippen LogP contribution in [0.2, 0.25) is 10.0 Å². The van der Waals surface area contributed by atoms with Gasteiger partial charge < -0.3 is 4.57 Å². The molecule has 1 aliphatic rings. The molecule has 5 rings (SSSR count). The number of thioether (sulfide) groups is 1. The van der Waals surface area contributed by atoms with Crippen molar-refractivity contribution in [3.8, 4) is 0 Å². The lowest BCUT2D eigenvalue weighted by Gasteiger charge is -2.10. The third kappa shape index (κ3) is 3.45. The van der Waals surface area contributed by atoms with E-state index in [1.807, 2.05) is 57.3 Å². The molecule has 156 valence electrons. The molecule has 8 heteroatoms. The summed E-state index contributed by atoms with van der Waals surface area (Å²) in [5.74, 6) is 1.94. The predicted molar refractivity (Wildman–Crippen MR) is 126 cm³/mol. The first kappa shape index (κ1) is 20.0. The number of aromatic nitrogens is 4. The van der Waals surface area contributed by atoms with Crippen LogP contribution in [0.15, 0.2) is 41.2 Å². The van der Waals surface area contributed by atoms with E-state index in [0.717, 1.165) is 59.5 Å². The highest BCUT2D eigenvalue weighted by atomic mass is 35.5. The molecule has 30 heavy (non-hydrogen) atoms. The minimum Gasteiger partial charge on any atom is -0.326 e. The van der Waals surface area contributed by atoms with Crippen LogP contribution in [0.4, 0.5) is 0 Å². The van der Waals surface area contributed by atoms with Crippen molar-refractivity contribution in [2.45, 2.75) is 38.4 Å². The Bertz CT molecular complexity index is 1300. The molecule has 4 aromatic rings. The number of fused-ring (bicyclic) bond motifs is 2. The first-order valence-corrected chi connectivity index (χ1v) is 12.3. The predicted octanol–water partition coefficient (Wildman–Crippen LogP) is 5.60. The topological polar surface area (TPSA) is 44.8 Å². The average molecular weight is 461 g/mol. The molecule has 0 unspecified atom stereocenters. The number of rotatable bonds is 7. The summed E-state index contributed by atoms with van der Waals surface area (Å²) in [5, 5.41) is 1.28. The Labute approximate surface area is 188 Å². The van der Waals surface area contributed by atoms with Crippen LogP contribution in [0.25, 0.3) is 22.1 Å². The summed E-state index contributed by atoms with van der Waals surface area (Å²) >= 11 is 14.5. The maximum atomic E-state index is 13.4. The number of hydrogen-bond acceptors (Lipinski definition) is 3. The monoisotopic (exact) mass is 460 g/mol. The van der Waals surface area contributed by atoms with E-state index in [9.17, 15) is 4.79 Å². The summed E-state index contributed by atoms with van der Waals surface area (Å²) in [7, 11) is 0. The van der Waals surface area contributed by atoms with Crippen LogP contribution in [0.1, 0.15) is 31.1 Å². The highest BCUT2D eigenvalue weighted by molar-refractivity contribution is 7.98. The summed E-state index contributed by atoms with van der Waals surface area (Å²) in [4.78, 5) is 18.2. The molecule has 2 heterocycles. The van der Waals surface area contributed by atoms with E-state index in [0.29, 0.717) is 16.6 Å². The normalized spacial score (nSPS) is 14.2. The number of para-hydroxylation sites is 1. The van der Waals surface area contributed by atoms with E-state index < -0.39 is 0 Å². The standard InChI is InChI=1S/C22H22Cl2N4OS/c1-30-11-3-10-26-18-9-6-14(23)12-17(18)25-20(26)13-27-19-5-2-4-16(24)21(19)28(22(27)29)15-7-8-15/h2,4-6,9,12,15H,3,7-8,10-11,13H2,1H3. The summed E-state index contributed by atoms with van der Waals surface area (Å²) < 4.78 is 5.90. The second-order valence-corrected chi connectivity index (χ2v) is 9.57. The zero-order valence-electron chi connectivity index (χ0n) is 16.6. The van der Waals surface area contributed by atoms with Gasteiger partial charge in [0.05, 0.1) is 33.6 Å². The van der Waals surface area contributed by atoms with E-state index in [-0.39, 0.29) is 11.7 Å². The van der Waals surface area contributed by atoms with Crippen LogP contribution >= 0.6 is 35.0 Å². The van der Waals surface area contributed by atoms with E-state index in [2.05, 4.69) is 10.8 Å². The quantitative estimate of drug-likeness (QED) is 0.337. The molecular formula is C22H22Cl2N4OS. The smallest absolute Gasteiger partial charge is 0.326 e. The van der Waals surface area contributed by atoms with Gasteiger partial charge in [0, 0.05) is 17.6 Å². The van der Waals surface area contributed by atoms with E-state index >= 15 is 0 Å². The van der Waals surface area contributed by atoms with Gasteiger partial charge in [-0.25, -0.2) is 9.78 Å². The van der Waals surface area contributed by atoms with Crippen molar-refractivity contribution in [3.05, 3.63) is 62.8 Å². The molecule has 5 nitrogen and oxygen atoms in total. The first-order valence-electron chi connectivity index (χ1n) is 10.1. The van der Waals surface area contributed by atoms with Crippen LogP contribution in [0.3, 0.4) is 0 Å². The van der Waals surface area contributed by atoms with Crippen LogP contribution in [0, 0.1) is 0 Å². The fourth-order valence-electron chi connectivity index (χ4n) is 4.14. The lowest BCUT2D eigenvalue weighted by Crippen LogP contribution is -2.25. The molecule has 0 radical (unpaired) electrons. The van der Waals surface area contributed by atoms with Gasteiger partial charge in [0.15, 0.2) is 0 Å². The van der Waals surface area contributed by atoms with Crippen molar-refractivity contribution in [2.75, 3.05) is 12.0 Å². The Kier molecular flexibility index (Phi) is 5.33. The zero-order chi connectivity index (χ0) is 20.8. The largest absolute Gasteiger partial charge is 0.329 e. The Morgan fingerprint density at radius 1 is 1.13 bits per heavy atom. The Hall–Kier alpha value is -1.89. The van der Waals surface area contributed by atoms with Crippen LogP contribution < -0.4 is 5.69 Å². The lowest BCUT2D eigenvalue weighted by atomic mass is 10.3. The fourth-order valence-corrected chi connectivity index (χ4v) is 4.99. The molecular weight excluding hydrogens is 439 g/mol. The van der Waals surface area contributed by atoms with E-state index in [4.69, 9.17) is 28.2 Å². The molecule has 0 spiro atoms. The summed E-state index contributed by atoms with van der Waals surface area (Å²) in [6, 6.07) is 11.8. The number of benzene rings is 2. The number of hydrogen-bond donors (Lipinski definition) is 0. The van der Waals surface area contributed by atoms with Crippen molar-refractivity contribution >= 4 is 57.0 Å². The fraction of sp³-hybridized carbons (Fsp3) is 0.364. The molecule has 0 amide bonds. The van der Waals surface area contributed by atoms with Gasteiger partial charge in [-0.3, -0.25) is 9.13 Å². The number of nitrogens with zero attached hydrogens (tertiary/aromatic N) is 4. The molecule has 2 aromatic heterocycles. The molecule has 2 aromatic carbocycles. The highest BCUT2D eigenvalue weighted by Crippen LogP contribution is 2.38. The maximum absolute atomic E-state index is 13.4. The van der Waals surface area contributed by atoms with Gasteiger partial charge in [-0.2, -0.15) is 11.8 Å². The first-order chi connectivity index (χ1) is 14.6. The van der Waals surface area contributed by atoms with Gasteiger partial charge >= 0.3 is 5.69 Å². The molecule has 0 atom stereocenters. The minimum atomic E-state index is -0.0126. The molecule has 1 aliphatic carbocycles. The van der Waals surface area contributed by atoms with Crippen LogP contribution in [-0.4, -0.2) is 30.7 Å². The van der Waals surface area contributed by atoms with E-state index in [1.165, 1.54) is 0 Å². The van der Waals surface area contributed by atoms with E-state index in [1.54, 1.807) is 0 Å². The van der Waals surface area contributed by atoms with Crippen molar-refractivity contribution in [1.29, 1.82) is 0 Å². The summed E-state index contributed by atoms with van der Waals surface area (Å²) in [6.45, 7) is 1.26. The van der Waals surface area contributed by atoms with Gasteiger partial charge in [0.2, 0.25) is 0 Å². The van der Waals surface area contributed by atoms with Crippen molar-refractivity contribution < 1.29 is 0 Å². The molecule has 1 saturated carbocycles. The zero-order valence-corrected chi connectivity index (χ0v) is 19.0. The van der Waals surface area contributed by atoms with Crippen LogP contribution in [0.5, 0.6) is 0 Å². The van der Waals surface area contributed by atoms with Crippen molar-refractivity contribution in [2.24, 2.45) is 0 Å². The van der Waals surface area contributed by atoms with Gasteiger partial charge in [0.1, 0.15) is 5.82 Å². The van der Waals surface area contributed by atoms with Crippen LogP contribution in [-0.2, 0) is 13.1 Å². The van der Waals surface area contributed by atoms with Crippen molar-refractivity contribution in [3.63, 3.8) is 0 Å². The maximum Gasteiger partial charge on any atom is 0.329 e. The second kappa shape index (κ2) is 7.98. The third-order valence-electron chi connectivity index (χ3n) is 5.67. The Balaban J connectivity index is 1.65. The number of imidazole rings is 2. The van der Waals surface area contributed by atoms with Gasteiger partial charge in [0.25, 0.3) is 0 Å². The van der Waals surface area contributed by atoms with Gasteiger partial charge in [-0.05, 0) is 61.6 Å². The summed E-state index contributed by atoms with van der Waals surface area (Å²) in [6.07, 6.45) is 5.20. The average Bonchev–Trinajstić information content (AvgIpc) is 3.45. The van der Waals surface area contributed by atoms with Gasteiger partial charge in [-0.15, -0.1) is 0 Å². The van der Waals surface area contributed by atoms with Gasteiger partial charge in [-0.1, -0.05) is 29.3 Å². The highest BCUT2D eigenvalue weighted by Gasteiger charge is 2.30. The van der Waals surface area contributed by atoms with Crippen molar-refractivity contribution in [1.82, 2.24) is 18.7 Å². The molecule has 0 saturated heterocycles. The Morgan fingerprint density at radius 2 is 1.97 bits per heavy atom. The number of halogens is 2. The molecule has 0 N–H and O–H groups in total. The second-order valence-electron chi connectivity index (χ2n) is 7.74. The molecule has 0 bridgehead atoms. The molecule has 1 fully saturated rings. The number of aryl methyl sites for hydroxylation is 1. The lowest BCUT2D eigenvalue weighted by molar-refractivity contribution is 0.609.